The van der Waals surface area contributed by atoms with Crippen molar-refractivity contribution in [3.05, 3.63) is 35.7 Å². The highest BCUT2D eigenvalue weighted by atomic mass is 15.2. The van der Waals surface area contributed by atoms with Crippen LogP contribution in [0.15, 0.2) is 24.5 Å². The molecule has 3 heterocycles. The van der Waals surface area contributed by atoms with E-state index < -0.39 is 0 Å². The molecule has 0 amide bonds. The van der Waals surface area contributed by atoms with Gasteiger partial charge in [0.05, 0.1) is 0 Å². The molecule has 1 aromatic heterocycles. The van der Waals surface area contributed by atoms with E-state index in [4.69, 9.17) is 0 Å². The highest BCUT2D eigenvalue weighted by Gasteiger charge is 2.57. The fourth-order valence-electron chi connectivity index (χ4n) is 7.65. The molecule has 0 N–H and O–H groups in total. The molecule has 5 rings (SSSR count). The number of piperidine rings is 1. The van der Waals surface area contributed by atoms with Crippen molar-refractivity contribution in [3.8, 4) is 0 Å². The van der Waals surface area contributed by atoms with Gasteiger partial charge in [-0.05, 0) is 111 Å². The first kappa shape index (κ1) is 17.9. The number of hydrogen-bond acceptors (Lipinski definition) is 2. The Labute approximate surface area is 165 Å². The van der Waals surface area contributed by atoms with Gasteiger partial charge in [-0.3, -0.25) is 9.88 Å². The van der Waals surface area contributed by atoms with Gasteiger partial charge in [-0.1, -0.05) is 25.8 Å². The zero-order chi connectivity index (χ0) is 18.6. The summed E-state index contributed by atoms with van der Waals surface area (Å²) in [4.78, 5) is 7.41. The summed E-state index contributed by atoms with van der Waals surface area (Å²) in [6, 6.07) is 2.35. The molecule has 0 bridgehead atoms. The Balaban J connectivity index is 1.45. The van der Waals surface area contributed by atoms with Crippen LogP contribution in [0, 0.1) is 30.1 Å². The molecule has 2 saturated heterocycles. The van der Waals surface area contributed by atoms with E-state index in [0.717, 1.165) is 17.8 Å². The average Bonchev–Trinajstić information content (AvgIpc) is 2.88. The Bertz CT molecular complexity index is 752. The number of allylic oxidation sites excluding steroid dienone is 2. The van der Waals surface area contributed by atoms with Crippen molar-refractivity contribution in [2.75, 3.05) is 13.1 Å². The van der Waals surface area contributed by atoms with Crippen molar-refractivity contribution in [3.63, 3.8) is 0 Å². The van der Waals surface area contributed by atoms with Gasteiger partial charge in [0.1, 0.15) is 0 Å². The molecule has 4 aliphatic rings. The Morgan fingerprint density at radius 2 is 1.89 bits per heavy atom. The van der Waals surface area contributed by atoms with E-state index >= 15 is 0 Å². The van der Waals surface area contributed by atoms with E-state index in [1.54, 1.807) is 5.57 Å². The molecule has 0 aromatic carbocycles. The summed E-state index contributed by atoms with van der Waals surface area (Å²) in [6.45, 7) is 10.1. The zero-order valence-electron chi connectivity index (χ0n) is 17.5. The number of pyridine rings is 1. The van der Waals surface area contributed by atoms with Crippen LogP contribution in [0.3, 0.4) is 0 Å². The van der Waals surface area contributed by atoms with Gasteiger partial charge in [-0.15, -0.1) is 0 Å². The van der Waals surface area contributed by atoms with E-state index in [1.165, 1.54) is 75.6 Å². The Morgan fingerprint density at radius 3 is 2.74 bits per heavy atom. The molecule has 2 heteroatoms. The number of rotatable bonds is 1. The van der Waals surface area contributed by atoms with Gasteiger partial charge in [-0.25, -0.2) is 0 Å². The monoisotopic (exact) mass is 364 g/mol. The number of hydrogen-bond donors (Lipinski definition) is 0. The first-order chi connectivity index (χ1) is 13.0. The molecule has 5 atom stereocenters. The second-order valence-electron chi connectivity index (χ2n) is 10.4. The molecule has 1 saturated carbocycles. The molecule has 1 aromatic rings. The van der Waals surface area contributed by atoms with E-state index in [-0.39, 0.29) is 0 Å². The second kappa shape index (κ2) is 6.44. The highest BCUT2D eigenvalue weighted by Crippen LogP contribution is 2.63. The summed E-state index contributed by atoms with van der Waals surface area (Å²) >= 11 is 0. The molecule has 27 heavy (non-hydrogen) atoms. The molecule has 3 fully saturated rings. The molecule has 2 aliphatic heterocycles. The average molecular weight is 365 g/mol. The predicted molar refractivity (Wildman–Crippen MR) is 112 cm³/mol. The minimum Gasteiger partial charge on any atom is -0.298 e. The predicted octanol–water partition coefficient (Wildman–Crippen LogP) is 5.86. The Hall–Kier alpha value is -1.15. The lowest BCUT2D eigenvalue weighted by Crippen LogP contribution is -2.61. The molecule has 2 aliphatic carbocycles. The minimum atomic E-state index is 0.361. The standard InChI is InChI=1S/C25H36N2/c1-18-15-19(17-26-16-18)21-7-8-22-20-10-14-27-13-6-4-5-11-25(27,3)23(20)9-12-24(21,22)2/h7,15-17,20,22-23H,4-6,8-14H2,1-3H3/t20-,22-,23-,24+,25+/m0/s1. The summed E-state index contributed by atoms with van der Waals surface area (Å²) in [5.41, 5.74) is 5.11. The van der Waals surface area contributed by atoms with Gasteiger partial charge in [0, 0.05) is 17.9 Å². The second-order valence-corrected chi connectivity index (χ2v) is 10.4. The lowest BCUT2D eigenvalue weighted by Gasteiger charge is -2.60. The number of aromatic nitrogens is 1. The Morgan fingerprint density at radius 1 is 1.00 bits per heavy atom. The molecule has 2 nitrogen and oxygen atoms in total. The molecular weight excluding hydrogens is 328 g/mol. The van der Waals surface area contributed by atoms with Crippen LogP contribution in [0.25, 0.3) is 5.57 Å². The zero-order valence-corrected chi connectivity index (χ0v) is 17.5. The quantitative estimate of drug-likeness (QED) is 0.620. The lowest BCUT2D eigenvalue weighted by molar-refractivity contribution is -0.0868. The van der Waals surface area contributed by atoms with Crippen molar-refractivity contribution in [1.82, 2.24) is 9.88 Å². The SMILES string of the molecule is Cc1cncc(C2=CC[C@H]3[C@@H]4CCN5CCCCC[C@]5(C)[C@H]4CC[C@]23C)c1. The van der Waals surface area contributed by atoms with Crippen molar-refractivity contribution >= 4 is 5.57 Å². The van der Waals surface area contributed by atoms with Gasteiger partial charge < -0.3 is 0 Å². The molecule has 0 unspecified atom stereocenters. The third-order valence-electron chi connectivity index (χ3n) is 9.07. The normalized spacial score (nSPS) is 41.9. The molecule has 0 radical (unpaired) electrons. The first-order valence-electron chi connectivity index (χ1n) is 11.4. The summed E-state index contributed by atoms with van der Waals surface area (Å²) < 4.78 is 0. The summed E-state index contributed by atoms with van der Waals surface area (Å²) in [6.07, 6.45) is 17.9. The fourth-order valence-corrected chi connectivity index (χ4v) is 7.65. The van der Waals surface area contributed by atoms with Crippen molar-refractivity contribution < 1.29 is 0 Å². The van der Waals surface area contributed by atoms with Crippen LogP contribution in [-0.2, 0) is 0 Å². The largest absolute Gasteiger partial charge is 0.298 e. The molecular formula is C25H36N2. The molecule has 146 valence electrons. The van der Waals surface area contributed by atoms with E-state index in [2.05, 4.69) is 49.0 Å². The fraction of sp³-hybridized carbons (Fsp3) is 0.720. The third kappa shape index (κ3) is 2.66. The number of fused-ring (bicyclic) bond motifs is 5. The van der Waals surface area contributed by atoms with Crippen LogP contribution >= 0.6 is 0 Å². The maximum Gasteiger partial charge on any atom is 0.0343 e. The summed E-state index contributed by atoms with van der Waals surface area (Å²) in [5.74, 6) is 2.66. The van der Waals surface area contributed by atoms with E-state index in [0.29, 0.717) is 11.0 Å². The van der Waals surface area contributed by atoms with Crippen LogP contribution in [0.5, 0.6) is 0 Å². The van der Waals surface area contributed by atoms with Crippen LogP contribution in [0.4, 0.5) is 0 Å². The van der Waals surface area contributed by atoms with Gasteiger partial charge >= 0.3 is 0 Å². The van der Waals surface area contributed by atoms with Crippen LogP contribution < -0.4 is 0 Å². The summed E-state index contributed by atoms with van der Waals surface area (Å²) in [7, 11) is 0. The van der Waals surface area contributed by atoms with Gasteiger partial charge in [0.25, 0.3) is 0 Å². The van der Waals surface area contributed by atoms with Crippen LogP contribution in [0.1, 0.15) is 76.3 Å². The van der Waals surface area contributed by atoms with E-state index in [1.807, 2.05) is 6.20 Å². The van der Waals surface area contributed by atoms with Gasteiger partial charge in [-0.2, -0.15) is 0 Å². The van der Waals surface area contributed by atoms with E-state index in [9.17, 15) is 0 Å². The minimum absolute atomic E-state index is 0.361. The lowest BCUT2D eigenvalue weighted by atomic mass is 9.52. The smallest absolute Gasteiger partial charge is 0.0343 e. The summed E-state index contributed by atoms with van der Waals surface area (Å²) in [5, 5.41) is 0. The third-order valence-corrected chi connectivity index (χ3v) is 9.07. The van der Waals surface area contributed by atoms with Crippen molar-refractivity contribution in [1.29, 1.82) is 0 Å². The van der Waals surface area contributed by atoms with Crippen LogP contribution in [-0.4, -0.2) is 28.5 Å². The Kier molecular flexibility index (Phi) is 4.27. The highest BCUT2D eigenvalue weighted by molar-refractivity contribution is 5.72. The molecule has 0 spiro atoms. The van der Waals surface area contributed by atoms with Crippen molar-refractivity contribution in [2.24, 2.45) is 23.2 Å². The van der Waals surface area contributed by atoms with Crippen LogP contribution in [0.2, 0.25) is 0 Å². The van der Waals surface area contributed by atoms with Gasteiger partial charge in [0.15, 0.2) is 0 Å². The number of aryl methyl sites for hydroxylation is 1. The maximum absolute atomic E-state index is 4.51. The topological polar surface area (TPSA) is 16.1 Å². The van der Waals surface area contributed by atoms with Gasteiger partial charge in [0.2, 0.25) is 0 Å². The first-order valence-corrected chi connectivity index (χ1v) is 11.4. The number of nitrogens with zero attached hydrogens (tertiary/aromatic N) is 2. The maximum atomic E-state index is 4.51. The van der Waals surface area contributed by atoms with Crippen molar-refractivity contribution in [2.45, 2.75) is 77.7 Å².